The smallest absolute Gasteiger partial charge is 0.0998 e. The molecule has 70 valence electrons. The molecule has 2 nitrogen and oxygen atoms in total. The molecule has 1 heterocycles. The van der Waals surface area contributed by atoms with Gasteiger partial charge in [0.25, 0.3) is 0 Å². The number of nitrogens with zero attached hydrogens (tertiary/aromatic N) is 1. The zero-order valence-electron chi connectivity index (χ0n) is 7.25. The van der Waals surface area contributed by atoms with Crippen LogP contribution in [0.25, 0.3) is 10.1 Å². The van der Waals surface area contributed by atoms with Crippen LogP contribution in [0.4, 0.5) is 5.69 Å². The minimum Gasteiger partial charge on any atom is -0.397 e. The monoisotopic (exact) mass is 266 g/mol. The zero-order valence-corrected chi connectivity index (χ0v) is 9.65. The van der Waals surface area contributed by atoms with Crippen LogP contribution < -0.4 is 5.73 Å². The maximum Gasteiger partial charge on any atom is 0.0998 e. The number of rotatable bonds is 1. The number of nitrogens with two attached hydrogens (primary N) is 1. The number of hydrogen-bond donors (Lipinski definition) is 1. The summed E-state index contributed by atoms with van der Waals surface area (Å²) in [6.07, 6.45) is 0. The maximum absolute atomic E-state index is 8.96. The molecular formula is C10H7BrN2S. The molecule has 0 saturated heterocycles. The molecule has 0 aliphatic heterocycles. The van der Waals surface area contributed by atoms with Gasteiger partial charge in [0.1, 0.15) is 0 Å². The second-order valence-electron chi connectivity index (χ2n) is 2.91. The van der Waals surface area contributed by atoms with Crippen LogP contribution in [0.2, 0.25) is 0 Å². The average Bonchev–Trinajstić information content (AvgIpc) is 2.68. The summed E-state index contributed by atoms with van der Waals surface area (Å²) < 4.78 is 1.01. The molecule has 0 saturated carbocycles. The van der Waals surface area contributed by atoms with E-state index in [-0.39, 0.29) is 0 Å². The number of hydrogen-bond acceptors (Lipinski definition) is 3. The van der Waals surface area contributed by atoms with Crippen LogP contribution in [0.15, 0.2) is 17.5 Å². The van der Waals surface area contributed by atoms with Gasteiger partial charge in [-0.1, -0.05) is 15.9 Å². The molecule has 14 heavy (non-hydrogen) atoms. The lowest BCUT2D eigenvalue weighted by Crippen LogP contribution is -1.93. The van der Waals surface area contributed by atoms with E-state index in [4.69, 9.17) is 11.0 Å². The van der Waals surface area contributed by atoms with Crippen molar-refractivity contribution in [1.29, 1.82) is 5.26 Å². The quantitative estimate of drug-likeness (QED) is 0.637. The van der Waals surface area contributed by atoms with E-state index in [0.29, 0.717) is 10.9 Å². The Labute approximate surface area is 94.1 Å². The summed E-state index contributed by atoms with van der Waals surface area (Å²) >= 11 is 4.94. The van der Waals surface area contributed by atoms with E-state index in [0.717, 1.165) is 21.3 Å². The SMILES string of the molecule is N#Cc1cc(CBr)c(N)c2sccc12. The van der Waals surface area contributed by atoms with Gasteiger partial charge in [-0.3, -0.25) is 0 Å². The van der Waals surface area contributed by atoms with E-state index >= 15 is 0 Å². The van der Waals surface area contributed by atoms with Gasteiger partial charge in [0.05, 0.1) is 22.0 Å². The molecule has 0 aliphatic carbocycles. The minimum absolute atomic E-state index is 0.682. The lowest BCUT2D eigenvalue weighted by atomic mass is 10.1. The summed E-state index contributed by atoms with van der Waals surface area (Å²) in [5.74, 6) is 0. The van der Waals surface area contributed by atoms with E-state index < -0.39 is 0 Å². The van der Waals surface area contributed by atoms with Crippen molar-refractivity contribution < 1.29 is 0 Å². The summed E-state index contributed by atoms with van der Waals surface area (Å²) in [5, 5.41) is 12.6. The molecule has 0 radical (unpaired) electrons. The van der Waals surface area contributed by atoms with E-state index in [9.17, 15) is 0 Å². The van der Waals surface area contributed by atoms with Gasteiger partial charge < -0.3 is 5.73 Å². The van der Waals surface area contributed by atoms with Gasteiger partial charge in [0.15, 0.2) is 0 Å². The Morgan fingerprint density at radius 1 is 1.57 bits per heavy atom. The Kier molecular flexibility index (Phi) is 2.44. The maximum atomic E-state index is 8.96. The van der Waals surface area contributed by atoms with E-state index in [1.54, 1.807) is 11.3 Å². The molecule has 0 fully saturated rings. The number of fused-ring (bicyclic) bond motifs is 1. The number of nitriles is 1. The third kappa shape index (κ3) is 1.29. The van der Waals surface area contributed by atoms with Crippen molar-refractivity contribution in [3.8, 4) is 6.07 Å². The van der Waals surface area contributed by atoms with Crippen molar-refractivity contribution in [3.63, 3.8) is 0 Å². The van der Waals surface area contributed by atoms with Gasteiger partial charge in [0.2, 0.25) is 0 Å². The summed E-state index contributed by atoms with van der Waals surface area (Å²) in [6.45, 7) is 0. The van der Waals surface area contributed by atoms with Gasteiger partial charge in [-0.2, -0.15) is 5.26 Å². The molecule has 2 N–H and O–H groups in total. The highest BCUT2D eigenvalue weighted by Crippen LogP contribution is 2.33. The number of nitrogen functional groups attached to an aromatic ring is 1. The van der Waals surface area contributed by atoms with Crippen molar-refractivity contribution in [2.24, 2.45) is 0 Å². The topological polar surface area (TPSA) is 49.8 Å². The first-order valence-electron chi connectivity index (χ1n) is 4.02. The molecule has 0 bridgehead atoms. The largest absolute Gasteiger partial charge is 0.397 e. The first kappa shape index (κ1) is 9.50. The number of halogens is 1. The van der Waals surface area contributed by atoms with Crippen LogP contribution in [0.3, 0.4) is 0 Å². The summed E-state index contributed by atoms with van der Waals surface area (Å²) in [7, 11) is 0. The van der Waals surface area contributed by atoms with E-state index in [2.05, 4.69) is 22.0 Å². The van der Waals surface area contributed by atoms with Crippen molar-refractivity contribution in [1.82, 2.24) is 0 Å². The molecular weight excluding hydrogens is 260 g/mol. The highest BCUT2D eigenvalue weighted by atomic mass is 79.9. The zero-order chi connectivity index (χ0) is 10.1. The van der Waals surface area contributed by atoms with Gasteiger partial charge in [-0.15, -0.1) is 11.3 Å². The summed E-state index contributed by atoms with van der Waals surface area (Å²) in [6, 6.07) is 5.97. The minimum atomic E-state index is 0.682. The molecule has 0 unspecified atom stereocenters. The van der Waals surface area contributed by atoms with Gasteiger partial charge in [0, 0.05) is 10.7 Å². The average molecular weight is 267 g/mol. The second kappa shape index (κ2) is 3.60. The molecule has 0 spiro atoms. The van der Waals surface area contributed by atoms with Crippen molar-refractivity contribution in [3.05, 3.63) is 28.6 Å². The number of thiophene rings is 1. The molecule has 0 amide bonds. The van der Waals surface area contributed by atoms with Crippen molar-refractivity contribution in [2.75, 3.05) is 5.73 Å². The Balaban J connectivity index is 2.89. The van der Waals surface area contributed by atoms with Crippen LogP contribution in [-0.2, 0) is 5.33 Å². The normalized spacial score (nSPS) is 10.3. The van der Waals surface area contributed by atoms with E-state index in [1.165, 1.54) is 0 Å². The second-order valence-corrected chi connectivity index (χ2v) is 4.38. The molecule has 1 aromatic heterocycles. The summed E-state index contributed by atoms with van der Waals surface area (Å²) in [4.78, 5) is 0. The number of alkyl halides is 1. The fraction of sp³-hybridized carbons (Fsp3) is 0.100. The summed E-state index contributed by atoms with van der Waals surface area (Å²) in [5.41, 5.74) is 8.43. The van der Waals surface area contributed by atoms with Gasteiger partial charge in [-0.05, 0) is 23.1 Å². The van der Waals surface area contributed by atoms with E-state index in [1.807, 2.05) is 17.5 Å². The molecule has 2 rings (SSSR count). The van der Waals surface area contributed by atoms with Gasteiger partial charge in [-0.25, -0.2) is 0 Å². The molecule has 1 aromatic carbocycles. The van der Waals surface area contributed by atoms with Crippen LogP contribution in [0.1, 0.15) is 11.1 Å². The first-order valence-corrected chi connectivity index (χ1v) is 6.02. The fourth-order valence-electron chi connectivity index (χ4n) is 1.41. The van der Waals surface area contributed by atoms with Crippen LogP contribution in [0.5, 0.6) is 0 Å². The molecule has 0 aliphatic rings. The number of anilines is 1. The number of benzene rings is 1. The third-order valence-corrected chi connectivity index (χ3v) is 3.68. The lowest BCUT2D eigenvalue weighted by molar-refractivity contribution is 1.44. The highest BCUT2D eigenvalue weighted by Gasteiger charge is 2.09. The molecule has 0 atom stereocenters. The third-order valence-electron chi connectivity index (χ3n) is 2.13. The van der Waals surface area contributed by atoms with Crippen molar-refractivity contribution >= 4 is 43.0 Å². The Morgan fingerprint density at radius 3 is 3.00 bits per heavy atom. The van der Waals surface area contributed by atoms with Crippen LogP contribution >= 0.6 is 27.3 Å². The van der Waals surface area contributed by atoms with Crippen LogP contribution in [0, 0.1) is 11.3 Å². The predicted octanol–water partition coefficient (Wildman–Crippen LogP) is 3.25. The first-order chi connectivity index (χ1) is 6.77. The Hall–Kier alpha value is -1.05. The molecule has 4 heteroatoms. The Bertz CT molecular complexity index is 525. The lowest BCUT2D eigenvalue weighted by Gasteiger charge is -2.04. The standard InChI is InChI=1S/C10H7BrN2S/c11-4-6-3-7(5-12)8-1-2-14-10(8)9(6)13/h1-3H,4,13H2. The predicted molar refractivity (Wildman–Crippen MR) is 63.6 cm³/mol. The molecule has 2 aromatic rings. The van der Waals surface area contributed by atoms with Gasteiger partial charge >= 0.3 is 0 Å². The highest BCUT2D eigenvalue weighted by molar-refractivity contribution is 9.08. The van der Waals surface area contributed by atoms with Crippen molar-refractivity contribution in [2.45, 2.75) is 5.33 Å². The van der Waals surface area contributed by atoms with Crippen LogP contribution in [-0.4, -0.2) is 0 Å². The Morgan fingerprint density at radius 2 is 2.36 bits per heavy atom. The fourth-order valence-corrected chi connectivity index (χ4v) is 2.78.